The van der Waals surface area contributed by atoms with Crippen LogP contribution in [-0.2, 0) is 28.8 Å². The van der Waals surface area contributed by atoms with Gasteiger partial charge >= 0.3 is 5.97 Å². The summed E-state index contributed by atoms with van der Waals surface area (Å²) in [6, 6.07) is 9.83. The summed E-state index contributed by atoms with van der Waals surface area (Å²) >= 11 is 7.65. The van der Waals surface area contributed by atoms with E-state index in [9.17, 15) is 4.79 Å². The van der Waals surface area contributed by atoms with Gasteiger partial charge in [-0.25, -0.2) is 14.8 Å². The van der Waals surface area contributed by atoms with Crippen LogP contribution in [-0.4, -0.2) is 35.7 Å². The number of hydrogen-bond donors (Lipinski definition) is 0. The summed E-state index contributed by atoms with van der Waals surface area (Å²) in [6.07, 6.45) is 3.99. The zero-order valence-corrected chi connectivity index (χ0v) is 18.8. The lowest BCUT2D eigenvalue weighted by Gasteiger charge is -2.22. The van der Waals surface area contributed by atoms with Crippen molar-refractivity contribution in [1.82, 2.24) is 9.97 Å². The smallest absolute Gasteiger partial charge is 0.344 e. The zero-order chi connectivity index (χ0) is 21.4. The monoisotopic (exact) mass is 455 g/mol. The Kier molecular flexibility index (Phi) is 5.54. The first-order chi connectivity index (χ1) is 15.1. The minimum absolute atomic E-state index is 0.0984. The van der Waals surface area contributed by atoms with Gasteiger partial charge in [-0.05, 0) is 56.4 Å². The number of benzene rings is 1. The fourth-order valence-electron chi connectivity index (χ4n) is 4.19. The molecule has 1 aliphatic carbocycles. The van der Waals surface area contributed by atoms with E-state index in [0.717, 1.165) is 64.5 Å². The van der Waals surface area contributed by atoms with Gasteiger partial charge in [0.1, 0.15) is 11.6 Å². The number of rotatable bonds is 6. The summed E-state index contributed by atoms with van der Waals surface area (Å²) in [5.41, 5.74) is 4.68. The maximum atomic E-state index is 11.7. The van der Waals surface area contributed by atoms with E-state index < -0.39 is 0 Å². The first kappa shape index (κ1) is 20.3. The van der Waals surface area contributed by atoms with E-state index in [0.29, 0.717) is 12.4 Å². The average molecular weight is 456 g/mol. The molecule has 0 unspecified atom stereocenters. The van der Waals surface area contributed by atoms with Crippen LogP contribution < -0.4 is 9.64 Å². The van der Waals surface area contributed by atoms with E-state index in [4.69, 9.17) is 31.0 Å². The quantitative estimate of drug-likeness (QED) is 0.488. The van der Waals surface area contributed by atoms with Crippen LogP contribution in [0.4, 0.5) is 11.5 Å². The molecule has 2 aliphatic rings. The predicted molar refractivity (Wildman–Crippen MR) is 122 cm³/mol. The normalized spacial score (nSPS) is 14.5. The lowest BCUT2D eigenvalue weighted by Crippen LogP contribution is -2.18. The molecular formula is C23H22ClN3O3S. The molecular weight excluding hydrogens is 434 g/mol. The number of aromatic nitrogens is 2. The first-order valence-corrected chi connectivity index (χ1v) is 11.7. The maximum Gasteiger partial charge on any atom is 0.344 e. The highest BCUT2D eigenvalue weighted by Gasteiger charge is 2.29. The van der Waals surface area contributed by atoms with Gasteiger partial charge in [0.25, 0.3) is 0 Å². The third-order valence-corrected chi connectivity index (χ3v) is 6.80. The molecule has 0 N–H and O–H groups in total. The Labute approximate surface area is 189 Å². The summed E-state index contributed by atoms with van der Waals surface area (Å²) in [5, 5.41) is 0. The molecule has 0 saturated heterocycles. The summed E-state index contributed by atoms with van der Waals surface area (Å²) in [6.45, 7) is 2.88. The van der Waals surface area contributed by atoms with Crippen LogP contribution in [0.2, 0.25) is 4.34 Å². The highest BCUT2D eigenvalue weighted by Crippen LogP contribution is 2.41. The van der Waals surface area contributed by atoms with E-state index in [2.05, 4.69) is 11.0 Å². The molecule has 3 aromatic rings. The summed E-state index contributed by atoms with van der Waals surface area (Å²) in [5.74, 6) is 1.99. The Balaban J connectivity index is 1.49. The third-order valence-electron chi connectivity index (χ3n) is 5.57. The lowest BCUT2D eigenvalue weighted by molar-refractivity contribution is -0.145. The Morgan fingerprint density at radius 3 is 2.90 bits per heavy atom. The standard InChI is InChI=1S/C23H22ClN3O3S/c1-2-29-21(28)13-30-15-7-6-14-10-11-27(18(14)12-15)23-16-4-3-5-17(16)25-22(26-23)19-8-9-20(24)31-19/h6-9,12H,2-5,10-11,13H2,1H3. The van der Waals surface area contributed by atoms with Crippen molar-refractivity contribution in [2.45, 2.75) is 32.6 Å². The molecule has 0 spiro atoms. The number of carbonyl (C=O) groups excluding carboxylic acids is 1. The van der Waals surface area contributed by atoms with E-state index in [1.165, 1.54) is 22.5 Å². The molecule has 160 valence electrons. The molecule has 0 amide bonds. The van der Waals surface area contributed by atoms with Gasteiger partial charge in [0, 0.05) is 29.6 Å². The molecule has 0 fully saturated rings. The van der Waals surface area contributed by atoms with Crippen molar-refractivity contribution in [1.29, 1.82) is 0 Å². The molecule has 5 rings (SSSR count). The number of hydrogen-bond acceptors (Lipinski definition) is 7. The van der Waals surface area contributed by atoms with Crippen LogP contribution >= 0.6 is 22.9 Å². The van der Waals surface area contributed by atoms with Crippen molar-refractivity contribution in [2.24, 2.45) is 0 Å². The van der Waals surface area contributed by atoms with E-state index in [1.54, 1.807) is 6.92 Å². The number of anilines is 2. The molecule has 0 radical (unpaired) electrons. The van der Waals surface area contributed by atoms with Gasteiger partial charge in [0.15, 0.2) is 12.4 Å². The molecule has 1 aliphatic heterocycles. The Morgan fingerprint density at radius 1 is 1.19 bits per heavy atom. The van der Waals surface area contributed by atoms with Crippen LogP contribution in [0.1, 0.15) is 30.2 Å². The molecule has 0 atom stereocenters. The second-order valence-corrected chi connectivity index (χ2v) is 9.25. The van der Waals surface area contributed by atoms with Gasteiger partial charge in [-0.15, -0.1) is 11.3 Å². The molecule has 6 nitrogen and oxygen atoms in total. The van der Waals surface area contributed by atoms with E-state index in [-0.39, 0.29) is 12.6 Å². The van der Waals surface area contributed by atoms with Gasteiger partial charge in [-0.2, -0.15) is 0 Å². The molecule has 31 heavy (non-hydrogen) atoms. The highest BCUT2D eigenvalue weighted by atomic mass is 35.5. The molecule has 3 heterocycles. The van der Waals surface area contributed by atoms with Crippen LogP contribution in [0.3, 0.4) is 0 Å². The number of esters is 1. The second-order valence-electron chi connectivity index (χ2n) is 7.54. The van der Waals surface area contributed by atoms with Gasteiger partial charge in [-0.1, -0.05) is 17.7 Å². The van der Waals surface area contributed by atoms with Gasteiger partial charge in [0.05, 0.1) is 15.8 Å². The number of carbonyl (C=O) groups is 1. The number of aryl methyl sites for hydroxylation is 1. The molecule has 1 aromatic carbocycles. The summed E-state index contributed by atoms with van der Waals surface area (Å²) in [4.78, 5) is 24.7. The Morgan fingerprint density at radius 2 is 2.10 bits per heavy atom. The Bertz CT molecular complexity index is 1150. The van der Waals surface area contributed by atoms with Crippen molar-refractivity contribution in [3.63, 3.8) is 0 Å². The number of halogens is 1. The van der Waals surface area contributed by atoms with Gasteiger partial charge < -0.3 is 14.4 Å². The molecule has 2 aromatic heterocycles. The van der Waals surface area contributed by atoms with Gasteiger partial charge in [-0.3, -0.25) is 0 Å². The molecule has 0 bridgehead atoms. The second kappa shape index (κ2) is 8.48. The highest BCUT2D eigenvalue weighted by molar-refractivity contribution is 7.19. The molecule has 0 saturated carbocycles. The topological polar surface area (TPSA) is 64.6 Å². The van der Waals surface area contributed by atoms with Crippen LogP contribution in [0, 0.1) is 0 Å². The van der Waals surface area contributed by atoms with Crippen molar-refractivity contribution in [3.8, 4) is 16.5 Å². The minimum Gasteiger partial charge on any atom is -0.482 e. The average Bonchev–Trinajstić information content (AvgIpc) is 3.50. The SMILES string of the molecule is CCOC(=O)COc1ccc2c(c1)N(c1nc(-c3ccc(Cl)s3)nc3c1CCC3)CC2. The largest absolute Gasteiger partial charge is 0.482 e. The molecule has 8 heteroatoms. The van der Waals surface area contributed by atoms with E-state index >= 15 is 0 Å². The predicted octanol–water partition coefficient (Wildman–Crippen LogP) is 4.98. The van der Waals surface area contributed by atoms with Crippen LogP contribution in [0.5, 0.6) is 5.75 Å². The van der Waals surface area contributed by atoms with Crippen LogP contribution in [0.15, 0.2) is 30.3 Å². The fourth-order valence-corrected chi connectivity index (χ4v) is 5.17. The van der Waals surface area contributed by atoms with Crippen molar-refractivity contribution >= 4 is 40.4 Å². The number of thiophene rings is 1. The number of fused-ring (bicyclic) bond motifs is 2. The fraction of sp³-hybridized carbons (Fsp3) is 0.348. The number of nitrogens with zero attached hydrogens (tertiary/aromatic N) is 3. The first-order valence-electron chi connectivity index (χ1n) is 10.5. The summed E-state index contributed by atoms with van der Waals surface area (Å²) in [7, 11) is 0. The summed E-state index contributed by atoms with van der Waals surface area (Å²) < 4.78 is 11.4. The van der Waals surface area contributed by atoms with Gasteiger partial charge in [0.2, 0.25) is 0 Å². The minimum atomic E-state index is -0.368. The zero-order valence-electron chi connectivity index (χ0n) is 17.2. The van der Waals surface area contributed by atoms with Crippen molar-refractivity contribution in [2.75, 3.05) is 24.7 Å². The van der Waals surface area contributed by atoms with Crippen molar-refractivity contribution < 1.29 is 14.3 Å². The number of ether oxygens (including phenoxy) is 2. The lowest BCUT2D eigenvalue weighted by atomic mass is 10.1. The third kappa shape index (κ3) is 4.00. The van der Waals surface area contributed by atoms with Crippen LogP contribution in [0.25, 0.3) is 10.7 Å². The van der Waals surface area contributed by atoms with E-state index in [1.807, 2.05) is 24.3 Å². The Hall–Kier alpha value is -2.64. The maximum absolute atomic E-state index is 11.7. The van der Waals surface area contributed by atoms with Crippen molar-refractivity contribution in [3.05, 3.63) is 51.5 Å².